The fourth-order valence-corrected chi connectivity index (χ4v) is 0.538. The van der Waals surface area contributed by atoms with E-state index in [-0.39, 0.29) is 6.15 Å². The van der Waals surface area contributed by atoms with Gasteiger partial charge in [0.2, 0.25) is 0 Å². The van der Waals surface area contributed by atoms with Gasteiger partial charge in [0.1, 0.15) is 10.4 Å². The van der Waals surface area contributed by atoms with Crippen LogP contribution in [0.3, 0.4) is 0 Å². The molecule has 4 nitrogen and oxygen atoms in total. The molecule has 0 spiro atoms. The van der Waals surface area contributed by atoms with Crippen LogP contribution in [0.5, 0.6) is 0 Å². The van der Waals surface area contributed by atoms with Crippen LogP contribution in [0.15, 0.2) is 16.7 Å². The number of hydrogen-bond acceptors (Lipinski definition) is 4. The highest BCUT2D eigenvalue weighted by Crippen LogP contribution is 2.02. The van der Waals surface area contributed by atoms with E-state index in [9.17, 15) is 0 Å². The summed E-state index contributed by atoms with van der Waals surface area (Å²) in [4.78, 5) is 0. The van der Waals surface area contributed by atoms with Crippen molar-refractivity contribution < 1.29 is 0 Å². The average molecular weight is 191 g/mol. The lowest BCUT2D eigenvalue weighted by atomic mass is 10.6. The second-order valence-corrected chi connectivity index (χ2v) is 2.09. The molecule has 9 heavy (non-hydrogen) atoms. The number of halogens is 1. The summed E-state index contributed by atoms with van der Waals surface area (Å²) in [7, 11) is 0. The number of nitrogens with two attached hydrogens (primary N) is 1. The fourth-order valence-electron chi connectivity index (χ4n) is 0.326. The Hall–Kier alpha value is -0.680. The van der Waals surface area contributed by atoms with Crippen molar-refractivity contribution in [3.63, 3.8) is 0 Å². The van der Waals surface area contributed by atoms with Crippen LogP contribution in [0.2, 0.25) is 0 Å². The van der Waals surface area contributed by atoms with E-state index in [0.717, 1.165) is 0 Å². The summed E-state index contributed by atoms with van der Waals surface area (Å²) in [6.07, 6.45) is 0. The van der Waals surface area contributed by atoms with Crippen LogP contribution in [-0.2, 0) is 0 Å². The molecule has 0 aliphatic heterocycles. The molecule has 0 saturated heterocycles. The van der Waals surface area contributed by atoms with E-state index in [4.69, 9.17) is 5.73 Å². The van der Waals surface area contributed by atoms with Crippen molar-refractivity contribution in [3.05, 3.63) is 16.7 Å². The Morgan fingerprint density at radius 3 is 2.33 bits per heavy atom. The molecule has 0 atom stereocenters. The van der Waals surface area contributed by atoms with Gasteiger partial charge >= 0.3 is 0 Å². The smallest absolute Gasteiger partial charge is 0.146 e. The number of anilines is 1. The van der Waals surface area contributed by atoms with Gasteiger partial charge in [-0.1, -0.05) is 0 Å². The molecule has 0 aliphatic rings. The van der Waals surface area contributed by atoms with Gasteiger partial charge in [0.25, 0.3) is 0 Å². The first-order valence-corrected chi connectivity index (χ1v) is 2.83. The zero-order valence-corrected chi connectivity index (χ0v) is 6.30. The van der Waals surface area contributed by atoms with Gasteiger partial charge < -0.3 is 11.9 Å². The van der Waals surface area contributed by atoms with Gasteiger partial charge in [0.05, 0.1) is 0 Å². The Kier molecular flexibility index (Phi) is 3.11. The molecule has 0 unspecified atom stereocenters. The predicted octanol–water partition coefficient (Wildman–Crippen LogP) is 0.983. The molecule has 0 radical (unpaired) electrons. The molecule has 0 aliphatic carbocycles. The van der Waals surface area contributed by atoms with E-state index in [2.05, 4.69) is 26.1 Å². The van der Waals surface area contributed by atoms with Crippen molar-refractivity contribution in [1.29, 1.82) is 0 Å². The third-order valence-corrected chi connectivity index (χ3v) is 1.08. The molecule has 1 heterocycles. The highest BCUT2D eigenvalue weighted by atomic mass is 79.9. The van der Waals surface area contributed by atoms with E-state index in [1.807, 2.05) is 0 Å². The van der Waals surface area contributed by atoms with Crippen LogP contribution in [0.25, 0.3) is 0 Å². The molecule has 5 N–H and O–H groups in total. The quantitative estimate of drug-likeness (QED) is 0.639. The van der Waals surface area contributed by atoms with E-state index in [1.54, 1.807) is 12.1 Å². The van der Waals surface area contributed by atoms with Crippen LogP contribution in [-0.4, -0.2) is 10.2 Å². The zero-order valence-electron chi connectivity index (χ0n) is 4.71. The normalized spacial score (nSPS) is 8.11. The summed E-state index contributed by atoms with van der Waals surface area (Å²) < 4.78 is 0.701. The molecule has 0 fully saturated rings. The molecule has 1 aromatic heterocycles. The van der Waals surface area contributed by atoms with Crippen molar-refractivity contribution in [2.45, 2.75) is 0 Å². The van der Waals surface area contributed by atoms with Crippen molar-refractivity contribution in [2.24, 2.45) is 0 Å². The summed E-state index contributed by atoms with van der Waals surface area (Å²) in [5, 5.41) is 7.18. The van der Waals surface area contributed by atoms with Crippen molar-refractivity contribution >= 4 is 21.7 Å². The molecular formula is C4H7BrN4. The van der Waals surface area contributed by atoms with Crippen molar-refractivity contribution in [3.8, 4) is 0 Å². The van der Waals surface area contributed by atoms with E-state index in [1.165, 1.54) is 0 Å². The molecule has 1 aromatic rings. The van der Waals surface area contributed by atoms with Gasteiger partial charge in [-0.3, -0.25) is 0 Å². The number of aromatic nitrogens is 2. The van der Waals surface area contributed by atoms with Gasteiger partial charge in [0, 0.05) is 0 Å². The minimum absolute atomic E-state index is 0. The molecule has 5 heteroatoms. The van der Waals surface area contributed by atoms with Crippen molar-refractivity contribution in [2.75, 3.05) is 5.73 Å². The van der Waals surface area contributed by atoms with Crippen LogP contribution in [0.1, 0.15) is 0 Å². The van der Waals surface area contributed by atoms with E-state index < -0.39 is 0 Å². The Balaban J connectivity index is 0.000000640. The second-order valence-electron chi connectivity index (χ2n) is 1.28. The lowest BCUT2D eigenvalue weighted by Crippen LogP contribution is -1.90. The topological polar surface area (TPSA) is 86.8 Å². The summed E-state index contributed by atoms with van der Waals surface area (Å²) in [6, 6.07) is 3.42. The first kappa shape index (κ1) is 8.32. The average Bonchev–Trinajstić information content (AvgIpc) is 1.77. The van der Waals surface area contributed by atoms with Crippen LogP contribution in [0, 0.1) is 0 Å². The summed E-state index contributed by atoms with van der Waals surface area (Å²) in [5.74, 6) is 0.438. The number of nitrogens with zero attached hydrogens (tertiary/aromatic N) is 2. The zero-order chi connectivity index (χ0) is 5.98. The number of hydrogen-bond donors (Lipinski definition) is 2. The molecule has 0 bridgehead atoms. The maximum absolute atomic E-state index is 5.23. The maximum atomic E-state index is 5.23. The summed E-state index contributed by atoms with van der Waals surface area (Å²) in [5.41, 5.74) is 5.23. The highest BCUT2D eigenvalue weighted by Gasteiger charge is 1.85. The third-order valence-electron chi connectivity index (χ3n) is 0.653. The minimum Gasteiger partial charge on any atom is -0.382 e. The Labute approximate surface area is 61.2 Å². The van der Waals surface area contributed by atoms with Gasteiger partial charge in [0.15, 0.2) is 0 Å². The van der Waals surface area contributed by atoms with Crippen LogP contribution in [0.4, 0.5) is 5.82 Å². The maximum Gasteiger partial charge on any atom is 0.146 e. The Morgan fingerprint density at radius 1 is 1.33 bits per heavy atom. The second kappa shape index (κ2) is 3.37. The van der Waals surface area contributed by atoms with Crippen molar-refractivity contribution in [1.82, 2.24) is 16.3 Å². The molecule has 50 valence electrons. The summed E-state index contributed by atoms with van der Waals surface area (Å²) in [6.45, 7) is 0. The number of nitrogen functional groups attached to an aromatic ring is 1. The SMILES string of the molecule is N.Nc1ccc(Br)nn1. The lowest BCUT2D eigenvalue weighted by molar-refractivity contribution is 1.02. The molecule has 0 saturated carbocycles. The minimum atomic E-state index is 0. The van der Waals surface area contributed by atoms with Gasteiger partial charge in [-0.25, -0.2) is 0 Å². The Bertz CT molecular complexity index is 151. The van der Waals surface area contributed by atoms with Gasteiger partial charge in [-0.05, 0) is 28.1 Å². The van der Waals surface area contributed by atoms with Crippen LogP contribution >= 0.6 is 15.9 Å². The van der Waals surface area contributed by atoms with E-state index in [0.29, 0.717) is 10.4 Å². The van der Waals surface area contributed by atoms with Gasteiger partial charge in [-0.15, -0.1) is 10.2 Å². The monoisotopic (exact) mass is 190 g/mol. The third kappa shape index (κ3) is 2.39. The predicted molar refractivity (Wildman–Crippen MR) is 39.2 cm³/mol. The number of rotatable bonds is 0. The standard InChI is InChI=1S/C4H4BrN3.H3N/c5-3-1-2-4(6)8-7-3;/h1-2H,(H2,6,8);1H3. The fraction of sp³-hybridized carbons (Fsp3) is 0. The molecule has 1 rings (SSSR count). The first-order chi connectivity index (χ1) is 3.79. The lowest BCUT2D eigenvalue weighted by Gasteiger charge is -1.86. The molecule has 0 amide bonds. The largest absolute Gasteiger partial charge is 0.382 e. The van der Waals surface area contributed by atoms with E-state index >= 15 is 0 Å². The van der Waals surface area contributed by atoms with Crippen LogP contribution < -0.4 is 11.9 Å². The molecule has 0 aromatic carbocycles. The first-order valence-electron chi connectivity index (χ1n) is 2.04. The Morgan fingerprint density at radius 2 is 2.00 bits per heavy atom. The van der Waals surface area contributed by atoms with Gasteiger partial charge in [-0.2, -0.15) is 0 Å². The summed E-state index contributed by atoms with van der Waals surface area (Å²) >= 11 is 3.12. The molecular weight excluding hydrogens is 184 g/mol. The highest BCUT2D eigenvalue weighted by molar-refractivity contribution is 9.10.